The molecule has 0 saturated carbocycles. The fraction of sp³-hybridized carbons (Fsp3) is 0. The molecule has 6 aromatic rings. The summed E-state index contributed by atoms with van der Waals surface area (Å²) in [5.41, 5.74) is 0. The van der Waals surface area contributed by atoms with Crippen molar-refractivity contribution < 1.29 is 5.11 Å². The van der Waals surface area contributed by atoms with E-state index in [0.717, 1.165) is 21.5 Å². The van der Waals surface area contributed by atoms with Crippen LogP contribution in [0.2, 0.25) is 0 Å². The molecule has 0 aliphatic heterocycles. The minimum absolute atomic E-state index is 0.378. The average Bonchev–Trinajstić information content (AvgIpc) is 2.67. The molecule has 0 aliphatic carbocycles. The summed E-state index contributed by atoms with van der Waals surface area (Å²) in [6.45, 7) is 0. The first-order valence-corrected chi connectivity index (χ1v) is 8.53. The molecule has 0 fully saturated rings. The normalized spacial score (nSPS) is 12.2. The van der Waals surface area contributed by atoms with Crippen LogP contribution in [0.15, 0.2) is 78.9 Å². The van der Waals surface area contributed by atoms with Crippen molar-refractivity contribution in [1.29, 1.82) is 0 Å². The Morgan fingerprint density at radius 1 is 0.400 bits per heavy atom. The summed E-state index contributed by atoms with van der Waals surface area (Å²) in [5, 5.41) is 22.6. The molecule has 6 aromatic carbocycles. The molecule has 6 rings (SSSR count). The van der Waals surface area contributed by atoms with Crippen LogP contribution in [0.25, 0.3) is 53.9 Å². The SMILES string of the molecule is Oc1c2ccccc2c2c3cccc4cccc(c5cccc1c52)c43. The van der Waals surface area contributed by atoms with E-state index in [1.807, 2.05) is 30.3 Å². The van der Waals surface area contributed by atoms with Crippen molar-refractivity contribution in [3.63, 3.8) is 0 Å². The fourth-order valence-electron chi connectivity index (χ4n) is 4.48. The Balaban J connectivity index is 2.15. The number of phenolic OH excluding ortho intramolecular Hbond substituents is 1. The van der Waals surface area contributed by atoms with Crippen molar-refractivity contribution in [2.24, 2.45) is 0 Å². The van der Waals surface area contributed by atoms with Gasteiger partial charge in [-0.2, -0.15) is 0 Å². The van der Waals surface area contributed by atoms with Gasteiger partial charge in [0.2, 0.25) is 0 Å². The van der Waals surface area contributed by atoms with Crippen molar-refractivity contribution in [2.45, 2.75) is 0 Å². The van der Waals surface area contributed by atoms with Gasteiger partial charge in [0.05, 0.1) is 0 Å². The molecular formula is C24H14O. The molecule has 1 nitrogen and oxygen atoms in total. The van der Waals surface area contributed by atoms with Crippen LogP contribution in [-0.4, -0.2) is 5.11 Å². The van der Waals surface area contributed by atoms with E-state index < -0.39 is 0 Å². The number of phenols is 1. The third kappa shape index (κ3) is 1.49. The van der Waals surface area contributed by atoms with Gasteiger partial charge in [-0.25, -0.2) is 0 Å². The summed E-state index contributed by atoms with van der Waals surface area (Å²) in [4.78, 5) is 0. The Morgan fingerprint density at radius 2 is 0.880 bits per heavy atom. The van der Waals surface area contributed by atoms with Gasteiger partial charge in [-0.1, -0.05) is 78.9 Å². The Hall–Kier alpha value is -3.32. The molecule has 116 valence electrons. The second kappa shape index (κ2) is 4.40. The molecule has 0 atom stereocenters. The Kier molecular flexibility index (Phi) is 2.29. The van der Waals surface area contributed by atoms with Gasteiger partial charge < -0.3 is 5.11 Å². The summed E-state index contributed by atoms with van der Waals surface area (Å²) < 4.78 is 0. The molecule has 0 amide bonds. The molecule has 0 radical (unpaired) electrons. The number of benzene rings is 6. The first-order chi connectivity index (χ1) is 12.3. The quantitative estimate of drug-likeness (QED) is 0.247. The van der Waals surface area contributed by atoms with Gasteiger partial charge in [0, 0.05) is 16.2 Å². The Bertz CT molecular complexity index is 1440. The lowest BCUT2D eigenvalue weighted by molar-refractivity contribution is 0.488. The zero-order valence-electron chi connectivity index (χ0n) is 13.5. The van der Waals surface area contributed by atoms with E-state index in [1.165, 1.54) is 32.3 Å². The van der Waals surface area contributed by atoms with E-state index in [1.54, 1.807) is 0 Å². The number of hydrogen-bond donors (Lipinski definition) is 1. The number of hydrogen-bond acceptors (Lipinski definition) is 1. The number of aromatic hydroxyl groups is 1. The monoisotopic (exact) mass is 318 g/mol. The lowest BCUT2D eigenvalue weighted by Gasteiger charge is -2.17. The minimum atomic E-state index is 0.378. The van der Waals surface area contributed by atoms with Gasteiger partial charge in [-0.05, 0) is 37.7 Å². The summed E-state index contributed by atoms with van der Waals surface area (Å²) in [7, 11) is 0. The molecule has 0 saturated heterocycles. The van der Waals surface area contributed by atoms with Crippen molar-refractivity contribution >= 4 is 53.9 Å². The van der Waals surface area contributed by atoms with Crippen LogP contribution in [0.5, 0.6) is 5.75 Å². The van der Waals surface area contributed by atoms with E-state index in [-0.39, 0.29) is 0 Å². The van der Waals surface area contributed by atoms with E-state index >= 15 is 0 Å². The Labute approximate surface area is 144 Å². The van der Waals surface area contributed by atoms with Gasteiger partial charge in [0.1, 0.15) is 5.75 Å². The summed E-state index contributed by atoms with van der Waals surface area (Å²) in [6.07, 6.45) is 0. The highest BCUT2D eigenvalue weighted by Crippen LogP contribution is 2.46. The second-order valence-corrected chi connectivity index (χ2v) is 6.71. The van der Waals surface area contributed by atoms with Crippen LogP contribution in [0.4, 0.5) is 0 Å². The van der Waals surface area contributed by atoms with Crippen LogP contribution < -0.4 is 0 Å². The van der Waals surface area contributed by atoms with Crippen molar-refractivity contribution in [2.75, 3.05) is 0 Å². The van der Waals surface area contributed by atoms with E-state index in [0.29, 0.717) is 5.75 Å². The lowest BCUT2D eigenvalue weighted by atomic mass is 9.87. The van der Waals surface area contributed by atoms with Crippen LogP contribution in [-0.2, 0) is 0 Å². The predicted octanol–water partition coefficient (Wildman–Crippen LogP) is 6.60. The maximum atomic E-state index is 10.9. The van der Waals surface area contributed by atoms with Gasteiger partial charge >= 0.3 is 0 Å². The van der Waals surface area contributed by atoms with Crippen LogP contribution in [0.3, 0.4) is 0 Å². The maximum Gasteiger partial charge on any atom is 0.131 e. The minimum Gasteiger partial charge on any atom is -0.507 e. The second-order valence-electron chi connectivity index (χ2n) is 6.71. The third-order valence-electron chi connectivity index (χ3n) is 5.49. The molecule has 1 heteroatoms. The summed E-state index contributed by atoms with van der Waals surface area (Å²) in [6, 6.07) is 27.4. The highest BCUT2D eigenvalue weighted by molar-refractivity contribution is 6.39. The largest absolute Gasteiger partial charge is 0.507 e. The highest BCUT2D eigenvalue weighted by atomic mass is 16.3. The van der Waals surface area contributed by atoms with E-state index in [2.05, 4.69) is 48.5 Å². The number of rotatable bonds is 0. The zero-order valence-corrected chi connectivity index (χ0v) is 13.5. The average molecular weight is 318 g/mol. The molecule has 0 spiro atoms. The first kappa shape index (κ1) is 13.0. The lowest BCUT2D eigenvalue weighted by Crippen LogP contribution is -1.89. The molecule has 1 N–H and O–H groups in total. The van der Waals surface area contributed by atoms with E-state index in [9.17, 15) is 5.11 Å². The summed E-state index contributed by atoms with van der Waals surface area (Å²) >= 11 is 0. The third-order valence-corrected chi connectivity index (χ3v) is 5.49. The van der Waals surface area contributed by atoms with Gasteiger partial charge in [-0.3, -0.25) is 0 Å². The first-order valence-electron chi connectivity index (χ1n) is 8.53. The van der Waals surface area contributed by atoms with Crippen LogP contribution >= 0.6 is 0 Å². The molecule has 0 bridgehead atoms. The fourth-order valence-corrected chi connectivity index (χ4v) is 4.48. The van der Waals surface area contributed by atoms with Crippen molar-refractivity contribution in [1.82, 2.24) is 0 Å². The standard InChI is InChI=1S/C24H14O/c25-24-18-9-2-1-8-17(18)22-19-12-4-7-14-6-3-10-15(21(14)19)16-11-5-13-20(24)23(16)22/h1-13,25H. The summed E-state index contributed by atoms with van der Waals surface area (Å²) in [5.74, 6) is 0.378. The van der Waals surface area contributed by atoms with Gasteiger partial charge in [0.15, 0.2) is 0 Å². The maximum absolute atomic E-state index is 10.9. The number of fused-ring (bicyclic) bond motifs is 4. The molecule has 0 aromatic heterocycles. The molecular weight excluding hydrogens is 304 g/mol. The van der Waals surface area contributed by atoms with Crippen LogP contribution in [0.1, 0.15) is 0 Å². The zero-order chi connectivity index (χ0) is 16.5. The van der Waals surface area contributed by atoms with Crippen LogP contribution in [0, 0.1) is 0 Å². The van der Waals surface area contributed by atoms with E-state index in [4.69, 9.17) is 0 Å². The van der Waals surface area contributed by atoms with Gasteiger partial charge in [0.25, 0.3) is 0 Å². The molecule has 25 heavy (non-hydrogen) atoms. The molecule has 0 heterocycles. The Morgan fingerprint density at radius 3 is 1.68 bits per heavy atom. The van der Waals surface area contributed by atoms with Crippen molar-refractivity contribution in [3.8, 4) is 5.75 Å². The van der Waals surface area contributed by atoms with Crippen molar-refractivity contribution in [3.05, 3.63) is 78.9 Å². The predicted molar refractivity (Wildman–Crippen MR) is 107 cm³/mol. The van der Waals surface area contributed by atoms with Gasteiger partial charge in [-0.15, -0.1) is 0 Å². The highest BCUT2D eigenvalue weighted by Gasteiger charge is 2.17. The smallest absolute Gasteiger partial charge is 0.131 e. The molecule has 0 unspecified atom stereocenters. The topological polar surface area (TPSA) is 20.2 Å². The molecule has 0 aliphatic rings.